The van der Waals surface area contributed by atoms with E-state index >= 15 is 0 Å². The van der Waals surface area contributed by atoms with Crippen LogP contribution in [0, 0.1) is 5.92 Å². The molecular formula is C18H22F3N3O4. The van der Waals surface area contributed by atoms with E-state index in [-0.39, 0.29) is 5.69 Å². The predicted octanol–water partition coefficient (Wildman–Crippen LogP) is 3.27. The minimum atomic E-state index is -4.81. The molecule has 0 bridgehead atoms. The van der Waals surface area contributed by atoms with Crippen molar-refractivity contribution in [2.24, 2.45) is 5.92 Å². The first-order chi connectivity index (χ1) is 12.9. The summed E-state index contributed by atoms with van der Waals surface area (Å²) in [6.07, 6.45) is -3.63. The first-order valence-corrected chi connectivity index (χ1v) is 8.69. The van der Waals surface area contributed by atoms with E-state index in [0.29, 0.717) is 12.3 Å². The fraction of sp³-hybridized carbons (Fsp3) is 0.500. The van der Waals surface area contributed by atoms with Gasteiger partial charge in [0.1, 0.15) is 17.8 Å². The monoisotopic (exact) mass is 401 g/mol. The van der Waals surface area contributed by atoms with Gasteiger partial charge in [0, 0.05) is 5.69 Å². The predicted molar refractivity (Wildman–Crippen MR) is 94.5 cm³/mol. The molecule has 1 aliphatic heterocycles. The van der Waals surface area contributed by atoms with Crippen LogP contribution in [0.5, 0.6) is 5.75 Å². The molecule has 1 atom stereocenters. The highest BCUT2D eigenvalue weighted by atomic mass is 19.4. The highest BCUT2D eigenvalue weighted by molar-refractivity contribution is 6.09. The molecule has 0 saturated carbocycles. The van der Waals surface area contributed by atoms with Gasteiger partial charge in [0.2, 0.25) is 5.91 Å². The van der Waals surface area contributed by atoms with Crippen LogP contribution in [0.3, 0.4) is 0 Å². The Balaban J connectivity index is 1.95. The number of carbonyl (C=O) groups is 3. The lowest BCUT2D eigenvalue weighted by atomic mass is 9.92. The summed E-state index contributed by atoms with van der Waals surface area (Å²) in [5.74, 6) is -1.22. The molecule has 0 aliphatic carbocycles. The number of alkyl halides is 3. The van der Waals surface area contributed by atoms with Gasteiger partial charge in [-0.3, -0.25) is 14.5 Å². The first-order valence-electron chi connectivity index (χ1n) is 8.69. The van der Waals surface area contributed by atoms with Crippen molar-refractivity contribution in [1.82, 2.24) is 10.2 Å². The Morgan fingerprint density at radius 1 is 1.25 bits per heavy atom. The second-order valence-corrected chi connectivity index (χ2v) is 7.21. The van der Waals surface area contributed by atoms with Gasteiger partial charge in [0.15, 0.2) is 0 Å². The summed E-state index contributed by atoms with van der Waals surface area (Å²) < 4.78 is 40.2. The van der Waals surface area contributed by atoms with Crippen molar-refractivity contribution < 1.29 is 32.3 Å². The second-order valence-electron chi connectivity index (χ2n) is 7.21. The lowest BCUT2D eigenvalue weighted by Gasteiger charge is -2.22. The summed E-state index contributed by atoms with van der Waals surface area (Å²) in [5.41, 5.74) is -0.854. The van der Waals surface area contributed by atoms with Gasteiger partial charge in [-0.05, 0) is 49.9 Å². The van der Waals surface area contributed by atoms with E-state index < -0.39 is 42.0 Å². The molecule has 0 aromatic heterocycles. The van der Waals surface area contributed by atoms with Crippen LogP contribution in [0.15, 0.2) is 24.3 Å². The molecular weight excluding hydrogens is 379 g/mol. The van der Waals surface area contributed by atoms with Crippen LogP contribution in [0.25, 0.3) is 0 Å². The molecule has 2 rings (SSSR count). The van der Waals surface area contributed by atoms with E-state index in [9.17, 15) is 27.6 Å². The third kappa shape index (κ3) is 5.61. The van der Waals surface area contributed by atoms with Crippen molar-refractivity contribution >= 4 is 23.5 Å². The molecule has 1 aliphatic rings. The van der Waals surface area contributed by atoms with E-state index in [1.807, 2.05) is 13.8 Å². The van der Waals surface area contributed by atoms with Crippen molar-refractivity contribution in [3.05, 3.63) is 24.3 Å². The average molecular weight is 401 g/mol. The van der Waals surface area contributed by atoms with E-state index in [1.54, 1.807) is 6.92 Å². The molecule has 1 heterocycles. The zero-order valence-electron chi connectivity index (χ0n) is 15.7. The number of benzene rings is 1. The van der Waals surface area contributed by atoms with Crippen LogP contribution >= 0.6 is 0 Å². The number of ether oxygens (including phenoxy) is 1. The smallest absolute Gasteiger partial charge is 0.406 e. The summed E-state index contributed by atoms with van der Waals surface area (Å²) in [5, 5.41) is 5.05. The van der Waals surface area contributed by atoms with E-state index in [2.05, 4.69) is 15.4 Å². The number of carbonyl (C=O) groups excluding carboxylic acids is 3. The van der Waals surface area contributed by atoms with Gasteiger partial charge in [-0.2, -0.15) is 0 Å². The number of nitrogens with zero attached hydrogens (tertiary/aromatic N) is 1. The van der Waals surface area contributed by atoms with Crippen molar-refractivity contribution in [3.63, 3.8) is 0 Å². The SMILES string of the molecule is CC(C)CCC1(C)NC(=O)N(CC(=O)Nc2ccc(OC(F)(F)F)cc2)C1=O. The minimum Gasteiger partial charge on any atom is -0.406 e. The van der Waals surface area contributed by atoms with Gasteiger partial charge in [0.25, 0.3) is 5.91 Å². The number of rotatable bonds is 7. The fourth-order valence-electron chi connectivity index (χ4n) is 2.72. The van der Waals surface area contributed by atoms with Gasteiger partial charge in [-0.25, -0.2) is 4.79 Å². The van der Waals surface area contributed by atoms with Crippen LogP contribution in [-0.2, 0) is 9.59 Å². The van der Waals surface area contributed by atoms with Crippen LogP contribution in [0.4, 0.5) is 23.7 Å². The lowest BCUT2D eigenvalue weighted by Crippen LogP contribution is -2.44. The molecule has 0 spiro atoms. The van der Waals surface area contributed by atoms with Gasteiger partial charge in [-0.15, -0.1) is 13.2 Å². The molecule has 10 heteroatoms. The summed E-state index contributed by atoms with van der Waals surface area (Å²) >= 11 is 0. The Bertz CT molecular complexity index is 749. The number of hydrogen-bond donors (Lipinski definition) is 2. The van der Waals surface area contributed by atoms with Crippen LogP contribution in [0.1, 0.15) is 33.6 Å². The van der Waals surface area contributed by atoms with Gasteiger partial charge >= 0.3 is 12.4 Å². The van der Waals surface area contributed by atoms with Crippen molar-refractivity contribution in [2.75, 3.05) is 11.9 Å². The maximum atomic E-state index is 12.6. The maximum Gasteiger partial charge on any atom is 0.573 e. The molecule has 1 aromatic carbocycles. The number of hydrogen-bond acceptors (Lipinski definition) is 4. The van der Waals surface area contributed by atoms with Crippen molar-refractivity contribution in [2.45, 2.75) is 45.5 Å². The Kier molecular flexibility index (Phi) is 6.20. The first kappa shape index (κ1) is 21.5. The Labute approximate surface area is 160 Å². The molecule has 0 radical (unpaired) electrons. The van der Waals surface area contributed by atoms with E-state index in [4.69, 9.17) is 0 Å². The van der Waals surface area contributed by atoms with Crippen molar-refractivity contribution in [3.8, 4) is 5.75 Å². The largest absolute Gasteiger partial charge is 0.573 e. The normalized spacial score (nSPS) is 19.8. The number of anilines is 1. The average Bonchev–Trinajstić information content (AvgIpc) is 2.77. The molecule has 1 unspecified atom stereocenters. The lowest BCUT2D eigenvalue weighted by molar-refractivity contribution is -0.274. The number of nitrogens with one attached hydrogen (secondary N) is 2. The van der Waals surface area contributed by atoms with Crippen LogP contribution in [0.2, 0.25) is 0 Å². The van der Waals surface area contributed by atoms with Gasteiger partial charge in [0.05, 0.1) is 0 Å². The third-order valence-electron chi connectivity index (χ3n) is 4.24. The number of imide groups is 1. The highest BCUT2D eigenvalue weighted by Crippen LogP contribution is 2.26. The zero-order chi connectivity index (χ0) is 21.1. The van der Waals surface area contributed by atoms with E-state index in [1.165, 1.54) is 12.1 Å². The summed E-state index contributed by atoms with van der Waals surface area (Å²) in [4.78, 5) is 37.6. The Morgan fingerprint density at radius 2 is 1.86 bits per heavy atom. The third-order valence-corrected chi connectivity index (χ3v) is 4.24. The van der Waals surface area contributed by atoms with Crippen molar-refractivity contribution in [1.29, 1.82) is 0 Å². The summed E-state index contributed by atoms with van der Waals surface area (Å²) in [6.45, 7) is 5.12. The Morgan fingerprint density at radius 3 is 2.39 bits per heavy atom. The topological polar surface area (TPSA) is 87.7 Å². The number of urea groups is 1. The zero-order valence-corrected chi connectivity index (χ0v) is 15.7. The standard InChI is InChI=1S/C18H22F3N3O4/c1-11(2)8-9-17(3)15(26)24(16(27)23-17)10-14(25)22-12-4-6-13(7-5-12)28-18(19,20)21/h4-7,11H,8-10H2,1-3H3,(H,22,25)(H,23,27). The summed E-state index contributed by atoms with van der Waals surface area (Å²) in [6, 6.07) is 3.87. The molecule has 1 fully saturated rings. The van der Waals surface area contributed by atoms with Crippen LogP contribution < -0.4 is 15.4 Å². The minimum absolute atomic E-state index is 0.203. The second kappa shape index (κ2) is 8.07. The maximum absolute atomic E-state index is 12.6. The molecule has 7 nitrogen and oxygen atoms in total. The molecule has 4 amide bonds. The molecule has 2 N–H and O–H groups in total. The Hall–Kier alpha value is -2.78. The van der Waals surface area contributed by atoms with Crippen LogP contribution in [-0.4, -0.2) is 41.2 Å². The molecule has 154 valence electrons. The number of amides is 4. The summed E-state index contributed by atoms with van der Waals surface area (Å²) in [7, 11) is 0. The molecule has 1 saturated heterocycles. The fourth-order valence-corrected chi connectivity index (χ4v) is 2.72. The molecule has 1 aromatic rings. The van der Waals surface area contributed by atoms with Gasteiger partial charge < -0.3 is 15.4 Å². The quantitative estimate of drug-likeness (QED) is 0.687. The molecule has 28 heavy (non-hydrogen) atoms. The van der Waals surface area contributed by atoms with Gasteiger partial charge in [-0.1, -0.05) is 13.8 Å². The highest BCUT2D eigenvalue weighted by Gasteiger charge is 2.47. The number of halogens is 3. The van der Waals surface area contributed by atoms with E-state index in [0.717, 1.165) is 23.5 Å².